The van der Waals surface area contributed by atoms with Crippen molar-refractivity contribution in [3.05, 3.63) is 23.9 Å². The highest BCUT2D eigenvalue weighted by atomic mass is 32.2. The van der Waals surface area contributed by atoms with Crippen molar-refractivity contribution in [3.8, 4) is 0 Å². The fraction of sp³-hybridized carbons (Fsp3) is 0.571. The minimum Gasteiger partial charge on any atom is -0.478 e. The van der Waals surface area contributed by atoms with Gasteiger partial charge in [0.2, 0.25) is 0 Å². The van der Waals surface area contributed by atoms with Crippen LogP contribution >= 0.6 is 0 Å². The Morgan fingerprint density at radius 3 is 2.67 bits per heavy atom. The Kier molecular flexibility index (Phi) is 3.71. The van der Waals surface area contributed by atoms with Crippen LogP contribution in [0, 0.1) is 17.8 Å². The molecule has 1 heterocycles. The van der Waals surface area contributed by atoms with Gasteiger partial charge in [-0.3, -0.25) is 0 Å². The van der Waals surface area contributed by atoms with E-state index in [0.717, 1.165) is 18.5 Å². The first-order chi connectivity index (χ1) is 9.95. The van der Waals surface area contributed by atoms with E-state index in [-0.39, 0.29) is 10.6 Å². The van der Waals surface area contributed by atoms with Crippen molar-refractivity contribution in [2.75, 3.05) is 6.54 Å². The van der Waals surface area contributed by atoms with E-state index in [0.29, 0.717) is 18.4 Å². The summed E-state index contributed by atoms with van der Waals surface area (Å²) >= 11 is 0. The van der Waals surface area contributed by atoms with Crippen LogP contribution in [0.5, 0.6) is 0 Å². The normalized spacial score (nSPS) is 27.9. The molecule has 2 N–H and O–H groups in total. The molecule has 1 aromatic rings. The van der Waals surface area contributed by atoms with Crippen LogP contribution in [0.4, 0.5) is 0 Å². The van der Waals surface area contributed by atoms with Crippen molar-refractivity contribution in [2.45, 2.75) is 30.7 Å². The molecule has 2 aliphatic rings. The molecule has 0 radical (unpaired) electrons. The Morgan fingerprint density at radius 2 is 2.14 bits per heavy atom. The summed E-state index contributed by atoms with van der Waals surface area (Å²) in [5.74, 6) is 0.732. The highest BCUT2D eigenvalue weighted by Gasteiger charge is 2.39. The highest BCUT2D eigenvalue weighted by molar-refractivity contribution is 7.89. The Morgan fingerprint density at radius 1 is 1.33 bits per heavy atom. The van der Waals surface area contributed by atoms with E-state index >= 15 is 0 Å². The smallest absolute Gasteiger partial charge is 0.337 e. The van der Waals surface area contributed by atoms with E-state index in [4.69, 9.17) is 5.11 Å². The number of nitrogens with one attached hydrogen (secondary N) is 1. The van der Waals surface area contributed by atoms with E-state index in [1.165, 1.54) is 31.4 Å². The van der Waals surface area contributed by atoms with Gasteiger partial charge in [0.25, 0.3) is 10.0 Å². The Labute approximate surface area is 123 Å². The third-order valence-corrected chi connectivity index (χ3v) is 6.02. The molecule has 21 heavy (non-hydrogen) atoms. The van der Waals surface area contributed by atoms with Gasteiger partial charge >= 0.3 is 5.97 Å². The van der Waals surface area contributed by atoms with Gasteiger partial charge in [-0.2, -0.15) is 0 Å². The van der Waals surface area contributed by atoms with Crippen molar-refractivity contribution in [1.82, 2.24) is 9.71 Å². The Hall–Kier alpha value is -1.47. The van der Waals surface area contributed by atoms with Crippen LogP contribution < -0.4 is 4.72 Å². The molecule has 0 amide bonds. The lowest BCUT2D eigenvalue weighted by atomic mass is 9.89. The number of carbonyl (C=O) groups is 1. The number of nitrogens with zero attached hydrogens (tertiary/aromatic N) is 1. The molecule has 7 heteroatoms. The summed E-state index contributed by atoms with van der Waals surface area (Å²) in [4.78, 5) is 14.5. The predicted molar refractivity (Wildman–Crippen MR) is 75.3 cm³/mol. The largest absolute Gasteiger partial charge is 0.478 e. The van der Waals surface area contributed by atoms with E-state index < -0.39 is 16.0 Å². The van der Waals surface area contributed by atoms with Crippen molar-refractivity contribution < 1.29 is 18.3 Å². The number of carboxylic acid groups (broad SMARTS) is 1. The number of aromatic carboxylic acids is 1. The van der Waals surface area contributed by atoms with E-state index in [1.807, 2.05) is 0 Å². The molecular formula is C14H18N2O4S. The lowest BCUT2D eigenvalue weighted by Gasteiger charge is -2.21. The standard InChI is InChI=1S/C14H18N2O4S/c17-14(18)11-3-4-13(15-7-11)21(19,20)16-8-12-6-9-1-2-10(12)5-9/h3-4,7,9-10,12,16H,1-2,5-6,8H2,(H,17,18). The van der Waals surface area contributed by atoms with Gasteiger partial charge in [0, 0.05) is 12.7 Å². The molecule has 2 bridgehead atoms. The number of hydrogen-bond acceptors (Lipinski definition) is 4. The molecule has 3 atom stereocenters. The minimum atomic E-state index is -3.66. The molecule has 2 fully saturated rings. The van der Waals surface area contributed by atoms with E-state index in [9.17, 15) is 13.2 Å². The summed E-state index contributed by atoms with van der Waals surface area (Å²) < 4.78 is 26.9. The van der Waals surface area contributed by atoms with Gasteiger partial charge in [0.1, 0.15) is 0 Å². The first-order valence-electron chi connectivity index (χ1n) is 7.15. The topological polar surface area (TPSA) is 96.4 Å². The maximum absolute atomic E-state index is 12.2. The molecule has 3 rings (SSSR count). The summed E-state index contributed by atoms with van der Waals surface area (Å²) in [6.45, 7) is 0.450. The van der Waals surface area contributed by atoms with Crippen LogP contribution in [-0.2, 0) is 10.0 Å². The number of aromatic nitrogens is 1. The molecule has 0 aliphatic heterocycles. The van der Waals surface area contributed by atoms with Crippen molar-refractivity contribution in [1.29, 1.82) is 0 Å². The van der Waals surface area contributed by atoms with Gasteiger partial charge in [-0.1, -0.05) is 6.42 Å². The van der Waals surface area contributed by atoms with Gasteiger partial charge in [-0.25, -0.2) is 22.9 Å². The van der Waals surface area contributed by atoms with Gasteiger partial charge in [-0.15, -0.1) is 0 Å². The second kappa shape index (κ2) is 5.38. The van der Waals surface area contributed by atoms with Gasteiger partial charge in [-0.05, 0) is 49.1 Å². The number of hydrogen-bond donors (Lipinski definition) is 2. The van der Waals surface area contributed by atoms with Crippen LogP contribution in [0.15, 0.2) is 23.4 Å². The summed E-state index contributed by atoms with van der Waals surface area (Å²) in [5, 5.41) is 8.65. The number of carboxylic acids is 1. The Bertz CT molecular complexity index is 641. The number of pyridine rings is 1. The molecule has 0 spiro atoms. The molecule has 2 saturated carbocycles. The molecule has 1 aromatic heterocycles. The van der Waals surface area contributed by atoms with Crippen LogP contribution in [-0.4, -0.2) is 31.0 Å². The zero-order valence-electron chi connectivity index (χ0n) is 11.5. The quantitative estimate of drug-likeness (QED) is 0.859. The molecule has 6 nitrogen and oxygen atoms in total. The molecule has 2 aliphatic carbocycles. The highest BCUT2D eigenvalue weighted by Crippen LogP contribution is 2.47. The lowest BCUT2D eigenvalue weighted by Crippen LogP contribution is -2.32. The maximum atomic E-state index is 12.2. The molecule has 114 valence electrons. The van der Waals surface area contributed by atoms with Crippen LogP contribution in [0.25, 0.3) is 0 Å². The van der Waals surface area contributed by atoms with Crippen molar-refractivity contribution in [2.24, 2.45) is 17.8 Å². The van der Waals surface area contributed by atoms with Crippen LogP contribution in [0.2, 0.25) is 0 Å². The van der Waals surface area contributed by atoms with Gasteiger partial charge in [0.05, 0.1) is 5.56 Å². The third-order valence-electron chi connectivity index (χ3n) is 4.68. The fourth-order valence-corrected chi connectivity index (χ4v) is 4.60. The molecule has 3 unspecified atom stereocenters. The van der Waals surface area contributed by atoms with Gasteiger partial charge < -0.3 is 5.11 Å². The molecule has 0 aromatic carbocycles. The van der Waals surface area contributed by atoms with E-state index in [1.54, 1.807) is 0 Å². The lowest BCUT2D eigenvalue weighted by molar-refractivity contribution is 0.0696. The third kappa shape index (κ3) is 2.94. The van der Waals surface area contributed by atoms with Crippen molar-refractivity contribution in [3.63, 3.8) is 0 Å². The van der Waals surface area contributed by atoms with Crippen molar-refractivity contribution >= 4 is 16.0 Å². The first-order valence-corrected chi connectivity index (χ1v) is 8.63. The number of rotatable bonds is 5. The molecule has 0 saturated heterocycles. The number of sulfonamides is 1. The molecular weight excluding hydrogens is 292 g/mol. The monoisotopic (exact) mass is 310 g/mol. The summed E-state index contributed by atoms with van der Waals surface area (Å²) in [6.07, 6.45) is 5.90. The first kappa shape index (κ1) is 14.5. The van der Waals surface area contributed by atoms with Crippen LogP contribution in [0.3, 0.4) is 0 Å². The average molecular weight is 310 g/mol. The van der Waals surface area contributed by atoms with Gasteiger partial charge in [0.15, 0.2) is 5.03 Å². The predicted octanol–water partition coefficient (Wildman–Crippen LogP) is 1.49. The average Bonchev–Trinajstić information content (AvgIpc) is 3.08. The second-order valence-corrected chi connectivity index (χ2v) is 7.69. The maximum Gasteiger partial charge on any atom is 0.337 e. The zero-order valence-corrected chi connectivity index (χ0v) is 12.3. The SMILES string of the molecule is O=C(O)c1ccc(S(=O)(=O)NCC2CC3CCC2C3)nc1. The fourth-order valence-electron chi connectivity index (χ4n) is 3.58. The van der Waals surface area contributed by atoms with Crippen LogP contribution in [0.1, 0.15) is 36.0 Å². The minimum absolute atomic E-state index is 0.0259. The number of fused-ring (bicyclic) bond motifs is 2. The summed E-state index contributed by atoms with van der Waals surface area (Å²) in [5.41, 5.74) is -0.0259. The Balaban J connectivity index is 1.65. The second-order valence-electron chi connectivity index (χ2n) is 5.98. The zero-order chi connectivity index (χ0) is 15.0. The summed E-state index contributed by atoms with van der Waals surface area (Å²) in [6, 6.07) is 2.48. The summed E-state index contributed by atoms with van der Waals surface area (Å²) in [7, 11) is -3.66. The van der Waals surface area contributed by atoms with E-state index in [2.05, 4.69) is 9.71 Å².